The van der Waals surface area contributed by atoms with Gasteiger partial charge >= 0.3 is 0 Å². The molecule has 0 aliphatic carbocycles. The molecule has 15 heavy (non-hydrogen) atoms. The second-order valence-electron chi connectivity index (χ2n) is 3.61. The smallest absolute Gasteiger partial charge is 0.0649 e. The van der Waals surface area contributed by atoms with Crippen LogP contribution in [0.15, 0.2) is 41.8 Å². The van der Waals surface area contributed by atoms with Crippen LogP contribution in [0.3, 0.4) is 0 Å². The topological polar surface area (TPSA) is 0 Å². The maximum Gasteiger partial charge on any atom is 0.150 e. The molecule has 0 amide bonds. The van der Waals surface area contributed by atoms with Crippen molar-refractivity contribution in [2.45, 2.75) is 38.9 Å². The van der Waals surface area contributed by atoms with E-state index in [9.17, 15) is 0 Å². The van der Waals surface area contributed by atoms with E-state index < -0.39 is 0 Å². The van der Waals surface area contributed by atoms with Crippen molar-refractivity contribution in [2.24, 2.45) is 0 Å². The zero-order chi connectivity index (χ0) is 10.9. The molecular weight excluding hydrogens is 200 g/mol. The molecule has 0 saturated heterocycles. The van der Waals surface area contributed by atoms with Crippen molar-refractivity contribution in [3.63, 3.8) is 0 Å². The van der Waals surface area contributed by atoms with Crippen LogP contribution in [-0.4, -0.2) is 0 Å². The second-order valence-corrected chi connectivity index (χ2v) is 5.68. The molecule has 0 fully saturated rings. The van der Waals surface area contributed by atoms with Gasteiger partial charge in [0.2, 0.25) is 0 Å². The summed E-state index contributed by atoms with van der Waals surface area (Å²) < 4.78 is 0. The first-order valence-electron chi connectivity index (χ1n) is 5.78. The van der Waals surface area contributed by atoms with Crippen LogP contribution in [0.5, 0.6) is 0 Å². The molecule has 1 atom stereocenters. The number of aryl methyl sites for hydroxylation is 2. The van der Waals surface area contributed by atoms with Gasteiger partial charge in [0.15, 0.2) is 0 Å². The maximum absolute atomic E-state index is 2.37. The summed E-state index contributed by atoms with van der Waals surface area (Å²) in [7, 11) is 0.356. The first kappa shape index (κ1) is 12.3. The molecule has 1 heterocycles. The summed E-state index contributed by atoms with van der Waals surface area (Å²) in [5, 5.41) is 2.37. The van der Waals surface area contributed by atoms with Crippen LogP contribution >= 0.6 is 10.5 Å². The summed E-state index contributed by atoms with van der Waals surface area (Å²) in [6, 6.07) is 13.0. The molecule has 1 aromatic heterocycles. The van der Waals surface area contributed by atoms with Gasteiger partial charge in [-0.05, 0) is 35.4 Å². The maximum atomic E-state index is 2.37. The molecule has 0 nitrogen and oxygen atoms in total. The molecule has 0 aliphatic rings. The Morgan fingerprint density at radius 1 is 0.933 bits per heavy atom. The zero-order valence-electron chi connectivity index (χ0n) is 9.78. The van der Waals surface area contributed by atoms with Gasteiger partial charge in [-0.2, -0.15) is 0 Å². The summed E-state index contributed by atoms with van der Waals surface area (Å²) >= 11 is 0. The van der Waals surface area contributed by atoms with Gasteiger partial charge in [-0.1, -0.05) is 38.1 Å². The van der Waals surface area contributed by atoms with Crippen LogP contribution in [0.4, 0.5) is 0 Å². The standard InChI is InChI=1S/C14H21S/c1-3-10-14-11-8-6-5-7-9-13-15(14)12-4-2/h5-9,11,13H,3-4,10,12H2,1-2H3/q+1. The van der Waals surface area contributed by atoms with E-state index in [1.807, 2.05) is 0 Å². The highest BCUT2D eigenvalue weighted by Gasteiger charge is 2.06. The quantitative estimate of drug-likeness (QED) is 0.633. The molecule has 1 heteroatoms. The molecule has 0 N–H and O–H groups in total. The summed E-state index contributed by atoms with van der Waals surface area (Å²) in [5.41, 5.74) is 0. The van der Waals surface area contributed by atoms with Crippen LogP contribution < -0.4 is 0 Å². The van der Waals surface area contributed by atoms with Crippen molar-refractivity contribution in [3.8, 4) is 0 Å². The van der Waals surface area contributed by atoms with Gasteiger partial charge in [0.1, 0.15) is 16.0 Å². The number of hydrogen-bond acceptors (Lipinski definition) is 0. The minimum Gasteiger partial charge on any atom is -0.0649 e. The van der Waals surface area contributed by atoms with E-state index in [4.69, 9.17) is 0 Å². The molecule has 0 bridgehead atoms. The summed E-state index contributed by atoms with van der Waals surface area (Å²) in [5.74, 6) is 1.30. The van der Waals surface area contributed by atoms with Gasteiger partial charge in [0.25, 0.3) is 0 Å². The third-order valence-electron chi connectivity index (χ3n) is 2.23. The summed E-state index contributed by atoms with van der Waals surface area (Å²) in [6.45, 7) is 4.52. The Morgan fingerprint density at radius 2 is 1.67 bits per heavy atom. The van der Waals surface area contributed by atoms with Crippen LogP contribution in [0, 0.1) is 0 Å². The molecule has 1 unspecified atom stereocenters. The normalized spacial score (nSPS) is 10.9. The molecule has 1 rings (SSSR count). The van der Waals surface area contributed by atoms with Crippen LogP contribution in [0.2, 0.25) is 0 Å². The molecule has 0 aliphatic heterocycles. The lowest BCUT2D eigenvalue weighted by molar-refractivity contribution is 0.933. The monoisotopic (exact) mass is 221 g/mol. The van der Waals surface area contributed by atoms with Crippen molar-refractivity contribution in [2.75, 3.05) is 0 Å². The number of hydrogen-bond donors (Lipinski definition) is 0. The van der Waals surface area contributed by atoms with Crippen LogP contribution in [-0.2, 0) is 12.2 Å². The lowest BCUT2D eigenvalue weighted by Gasteiger charge is -1.94. The Balaban J connectivity index is 3.13. The first-order valence-corrected chi connectivity index (χ1v) is 7.24. The lowest BCUT2D eigenvalue weighted by Crippen LogP contribution is -1.82. The van der Waals surface area contributed by atoms with E-state index in [0.29, 0.717) is 10.5 Å². The van der Waals surface area contributed by atoms with E-state index >= 15 is 0 Å². The van der Waals surface area contributed by atoms with Crippen molar-refractivity contribution >= 4 is 10.5 Å². The third-order valence-corrected chi connectivity index (χ3v) is 4.57. The SMILES string of the molecule is CCCc1ccccccc[s+]1CCC. The molecule has 1 aromatic rings. The molecule has 0 aromatic carbocycles. The van der Waals surface area contributed by atoms with E-state index in [1.54, 1.807) is 4.88 Å². The fourth-order valence-corrected chi connectivity index (χ4v) is 3.56. The second kappa shape index (κ2) is 7.47. The van der Waals surface area contributed by atoms with Crippen molar-refractivity contribution in [1.29, 1.82) is 0 Å². The molecular formula is C14H21S+. The molecule has 0 radical (unpaired) electrons. The Bertz CT molecular complexity index is 293. The predicted octanol–water partition coefficient (Wildman–Crippen LogP) is 4.92. The molecule has 82 valence electrons. The van der Waals surface area contributed by atoms with E-state index in [1.165, 1.54) is 25.0 Å². The highest BCUT2D eigenvalue weighted by molar-refractivity contribution is 7.29. The summed E-state index contributed by atoms with van der Waals surface area (Å²) in [4.78, 5) is 1.61. The molecule has 0 saturated carbocycles. The zero-order valence-corrected chi connectivity index (χ0v) is 10.6. The van der Waals surface area contributed by atoms with E-state index in [2.05, 4.69) is 55.6 Å². The average Bonchev–Trinajstić information content (AvgIpc) is 2.34. The van der Waals surface area contributed by atoms with Gasteiger partial charge < -0.3 is 0 Å². The Kier molecular flexibility index (Phi) is 6.10. The van der Waals surface area contributed by atoms with Gasteiger partial charge in [-0.25, -0.2) is 0 Å². The van der Waals surface area contributed by atoms with Crippen LogP contribution in [0.25, 0.3) is 0 Å². The Morgan fingerprint density at radius 3 is 2.40 bits per heavy atom. The van der Waals surface area contributed by atoms with Gasteiger partial charge in [-0.3, -0.25) is 0 Å². The van der Waals surface area contributed by atoms with Gasteiger partial charge in [-0.15, -0.1) is 0 Å². The van der Waals surface area contributed by atoms with Crippen LogP contribution in [0.1, 0.15) is 31.6 Å². The number of rotatable bonds is 4. The Labute approximate surface area is 96.3 Å². The Hall–Kier alpha value is -0.820. The fraction of sp³-hybridized carbons (Fsp3) is 0.429. The van der Waals surface area contributed by atoms with Gasteiger partial charge in [0.05, 0.1) is 0 Å². The van der Waals surface area contributed by atoms with Crippen molar-refractivity contribution in [3.05, 3.63) is 46.7 Å². The first-order chi connectivity index (χ1) is 7.38. The van der Waals surface area contributed by atoms with Gasteiger partial charge in [0, 0.05) is 6.42 Å². The average molecular weight is 221 g/mol. The summed E-state index contributed by atoms with van der Waals surface area (Å²) in [6.07, 6.45) is 3.74. The predicted molar refractivity (Wildman–Crippen MR) is 70.8 cm³/mol. The fourth-order valence-electron chi connectivity index (χ4n) is 1.55. The minimum atomic E-state index is 0.356. The van der Waals surface area contributed by atoms with E-state index in [-0.39, 0.29) is 0 Å². The van der Waals surface area contributed by atoms with Crippen molar-refractivity contribution < 1.29 is 0 Å². The lowest BCUT2D eigenvalue weighted by atomic mass is 10.3. The van der Waals surface area contributed by atoms with E-state index in [0.717, 1.165) is 0 Å². The third kappa shape index (κ3) is 4.48. The molecule has 0 spiro atoms. The highest BCUT2D eigenvalue weighted by Crippen LogP contribution is 2.24. The largest absolute Gasteiger partial charge is 0.150 e. The highest BCUT2D eigenvalue weighted by atomic mass is 32.2. The van der Waals surface area contributed by atoms with Crippen molar-refractivity contribution in [1.82, 2.24) is 0 Å². The minimum absolute atomic E-state index is 0.356.